The van der Waals surface area contributed by atoms with Crippen LogP contribution in [-0.2, 0) is 0 Å². The van der Waals surface area contributed by atoms with Gasteiger partial charge in [-0.05, 0) is 31.0 Å². The molecule has 20 heavy (non-hydrogen) atoms. The second-order valence-corrected chi connectivity index (χ2v) is 4.98. The first-order valence-corrected chi connectivity index (χ1v) is 6.57. The zero-order valence-electron chi connectivity index (χ0n) is 11.2. The summed E-state index contributed by atoms with van der Waals surface area (Å²) in [4.78, 5) is 15.2. The summed E-state index contributed by atoms with van der Waals surface area (Å²) < 4.78 is 0. The molecule has 1 aromatic carbocycles. The first-order chi connectivity index (χ1) is 9.49. The molecule has 1 atom stereocenters. The van der Waals surface area contributed by atoms with Crippen LogP contribution in [0.15, 0.2) is 36.5 Å². The Morgan fingerprint density at radius 3 is 2.75 bits per heavy atom. The van der Waals surface area contributed by atoms with Crippen LogP contribution in [0.4, 0.5) is 5.82 Å². The Morgan fingerprint density at radius 2 is 2.10 bits per heavy atom. The number of aromatic carboxylic acids is 1. The van der Waals surface area contributed by atoms with E-state index < -0.39 is 5.97 Å². The van der Waals surface area contributed by atoms with E-state index in [0.717, 1.165) is 5.56 Å². The molecule has 0 spiro atoms. The van der Waals surface area contributed by atoms with Gasteiger partial charge >= 0.3 is 5.97 Å². The van der Waals surface area contributed by atoms with Gasteiger partial charge in [0.25, 0.3) is 0 Å². The van der Waals surface area contributed by atoms with Crippen molar-refractivity contribution in [3.05, 3.63) is 58.2 Å². The second kappa shape index (κ2) is 5.92. The number of rotatable bonds is 4. The maximum absolute atomic E-state index is 11.0. The number of pyridine rings is 1. The van der Waals surface area contributed by atoms with Gasteiger partial charge < -0.3 is 10.4 Å². The highest BCUT2D eigenvalue weighted by molar-refractivity contribution is 6.33. The van der Waals surface area contributed by atoms with Crippen molar-refractivity contribution in [3.8, 4) is 0 Å². The van der Waals surface area contributed by atoms with Crippen LogP contribution >= 0.6 is 11.6 Å². The van der Waals surface area contributed by atoms with Crippen molar-refractivity contribution in [1.29, 1.82) is 0 Å². The highest BCUT2D eigenvalue weighted by atomic mass is 35.5. The number of halogens is 1. The van der Waals surface area contributed by atoms with E-state index in [0.29, 0.717) is 5.82 Å². The van der Waals surface area contributed by atoms with Crippen molar-refractivity contribution in [2.75, 3.05) is 5.32 Å². The van der Waals surface area contributed by atoms with Crippen molar-refractivity contribution in [1.82, 2.24) is 4.98 Å². The van der Waals surface area contributed by atoms with Gasteiger partial charge in [-0.2, -0.15) is 0 Å². The Kier molecular flexibility index (Phi) is 4.25. The molecule has 2 N–H and O–H groups in total. The minimum absolute atomic E-state index is 0.0199. The Morgan fingerprint density at radius 1 is 1.40 bits per heavy atom. The number of carboxylic acids is 1. The van der Waals surface area contributed by atoms with Gasteiger partial charge in [-0.1, -0.05) is 35.9 Å². The number of hydrogen-bond acceptors (Lipinski definition) is 3. The van der Waals surface area contributed by atoms with Crippen LogP contribution < -0.4 is 5.32 Å². The molecular formula is C15H15ClN2O2. The van der Waals surface area contributed by atoms with Gasteiger partial charge in [0.2, 0.25) is 0 Å². The molecule has 0 aliphatic carbocycles. The van der Waals surface area contributed by atoms with Crippen molar-refractivity contribution < 1.29 is 9.90 Å². The van der Waals surface area contributed by atoms with Gasteiger partial charge in [0, 0.05) is 6.20 Å². The first kappa shape index (κ1) is 14.3. The van der Waals surface area contributed by atoms with E-state index in [-0.39, 0.29) is 16.6 Å². The summed E-state index contributed by atoms with van der Waals surface area (Å²) in [6, 6.07) is 9.48. The van der Waals surface area contributed by atoms with Crippen LogP contribution in [0.25, 0.3) is 0 Å². The lowest BCUT2D eigenvalue weighted by molar-refractivity contribution is 0.0697. The number of aryl methyl sites for hydroxylation is 1. The Hall–Kier alpha value is -2.07. The molecule has 0 aliphatic heterocycles. The van der Waals surface area contributed by atoms with Gasteiger partial charge in [0.15, 0.2) is 0 Å². The topological polar surface area (TPSA) is 62.2 Å². The summed E-state index contributed by atoms with van der Waals surface area (Å²) in [5.41, 5.74) is 2.35. The van der Waals surface area contributed by atoms with E-state index in [1.54, 1.807) is 0 Å². The number of aromatic nitrogens is 1. The molecule has 0 aliphatic rings. The summed E-state index contributed by atoms with van der Waals surface area (Å²) in [7, 11) is 0. The molecule has 0 radical (unpaired) electrons. The van der Waals surface area contributed by atoms with Gasteiger partial charge in [-0.25, -0.2) is 9.78 Å². The first-order valence-electron chi connectivity index (χ1n) is 6.20. The quantitative estimate of drug-likeness (QED) is 0.896. The van der Waals surface area contributed by atoms with Crippen molar-refractivity contribution in [2.45, 2.75) is 19.9 Å². The standard InChI is InChI=1S/C15H15ClN2O2/c1-9-5-3-4-6-11(9)10(2)18-14-7-12(15(19)20)13(16)8-17-14/h3-8,10H,1-2H3,(H,17,18)(H,19,20). The fourth-order valence-electron chi connectivity index (χ4n) is 2.05. The van der Waals surface area contributed by atoms with E-state index in [1.807, 2.05) is 38.1 Å². The number of nitrogens with zero attached hydrogens (tertiary/aromatic N) is 1. The molecular weight excluding hydrogens is 276 g/mol. The predicted octanol–water partition coefficient (Wildman–Crippen LogP) is 3.91. The van der Waals surface area contributed by atoms with Crippen LogP contribution in [0.5, 0.6) is 0 Å². The third-order valence-electron chi connectivity index (χ3n) is 3.11. The van der Waals surface area contributed by atoms with Crippen molar-refractivity contribution in [2.24, 2.45) is 0 Å². The molecule has 104 valence electrons. The molecule has 0 saturated carbocycles. The summed E-state index contributed by atoms with van der Waals surface area (Å²) in [6.07, 6.45) is 1.35. The van der Waals surface area contributed by atoms with Gasteiger partial charge in [0.1, 0.15) is 5.82 Å². The zero-order valence-corrected chi connectivity index (χ0v) is 12.0. The highest BCUT2D eigenvalue weighted by Crippen LogP contribution is 2.23. The van der Waals surface area contributed by atoms with E-state index in [1.165, 1.54) is 17.8 Å². The van der Waals surface area contributed by atoms with E-state index >= 15 is 0 Å². The molecule has 2 rings (SSSR count). The average Bonchev–Trinajstić information content (AvgIpc) is 2.41. The third-order valence-corrected chi connectivity index (χ3v) is 3.41. The van der Waals surface area contributed by atoms with E-state index in [4.69, 9.17) is 16.7 Å². The summed E-state index contributed by atoms with van der Waals surface area (Å²) in [5, 5.41) is 12.4. The largest absolute Gasteiger partial charge is 0.478 e. The van der Waals surface area contributed by atoms with Crippen LogP contribution in [-0.4, -0.2) is 16.1 Å². The summed E-state index contributed by atoms with van der Waals surface area (Å²) in [6.45, 7) is 4.03. The smallest absolute Gasteiger partial charge is 0.337 e. The number of nitrogens with one attached hydrogen (secondary N) is 1. The SMILES string of the molecule is Cc1ccccc1C(C)Nc1cc(C(=O)O)c(Cl)cn1. The van der Waals surface area contributed by atoms with Gasteiger partial charge in [-0.15, -0.1) is 0 Å². The van der Waals surface area contributed by atoms with E-state index in [9.17, 15) is 4.79 Å². The normalized spacial score (nSPS) is 11.9. The average molecular weight is 291 g/mol. The summed E-state index contributed by atoms with van der Waals surface area (Å²) >= 11 is 5.80. The Balaban J connectivity index is 2.24. The minimum Gasteiger partial charge on any atom is -0.478 e. The third kappa shape index (κ3) is 3.08. The molecule has 2 aromatic rings. The molecule has 1 heterocycles. The van der Waals surface area contributed by atoms with Crippen LogP contribution in [0.2, 0.25) is 5.02 Å². The van der Waals surface area contributed by atoms with Crippen molar-refractivity contribution >= 4 is 23.4 Å². The number of benzene rings is 1. The fourth-order valence-corrected chi connectivity index (χ4v) is 2.24. The van der Waals surface area contributed by atoms with Gasteiger partial charge in [0.05, 0.1) is 16.6 Å². The minimum atomic E-state index is -1.07. The monoisotopic (exact) mass is 290 g/mol. The summed E-state index contributed by atoms with van der Waals surface area (Å²) in [5.74, 6) is -0.577. The molecule has 0 saturated heterocycles. The Bertz CT molecular complexity index is 644. The van der Waals surface area contributed by atoms with Gasteiger partial charge in [-0.3, -0.25) is 0 Å². The highest BCUT2D eigenvalue weighted by Gasteiger charge is 2.13. The predicted molar refractivity (Wildman–Crippen MR) is 79.4 cm³/mol. The number of carboxylic acid groups (broad SMARTS) is 1. The van der Waals surface area contributed by atoms with Crippen LogP contribution in [0.3, 0.4) is 0 Å². The van der Waals surface area contributed by atoms with E-state index in [2.05, 4.69) is 10.3 Å². The lowest BCUT2D eigenvalue weighted by Crippen LogP contribution is -2.10. The Labute approximate surface area is 122 Å². The lowest BCUT2D eigenvalue weighted by atomic mass is 10.0. The maximum atomic E-state index is 11.0. The van der Waals surface area contributed by atoms with Crippen molar-refractivity contribution in [3.63, 3.8) is 0 Å². The maximum Gasteiger partial charge on any atom is 0.337 e. The molecule has 0 amide bonds. The molecule has 1 unspecified atom stereocenters. The molecule has 0 bridgehead atoms. The molecule has 0 fully saturated rings. The fraction of sp³-hybridized carbons (Fsp3) is 0.200. The molecule has 4 nitrogen and oxygen atoms in total. The molecule has 5 heteroatoms. The number of hydrogen-bond donors (Lipinski definition) is 2. The van der Waals surface area contributed by atoms with Crippen LogP contribution in [0, 0.1) is 6.92 Å². The van der Waals surface area contributed by atoms with Crippen LogP contribution in [0.1, 0.15) is 34.5 Å². The zero-order chi connectivity index (χ0) is 14.7. The second-order valence-electron chi connectivity index (χ2n) is 4.58. The lowest BCUT2D eigenvalue weighted by Gasteiger charge is -2.17. The molecule has 1 aromatic heterocycles. The number of carbonyl (C=O) groups is 1. The number of anilines is 1.